The third-order valence-corrected chi connectivity index (χ3v) is 7.48. The average Bonchev–Trinajstić information content (AvgIpc) is 3.40. The number of ether oxygens (including phenoxy) is 1. The monoisotopic (exact) mass is 532 g/mol. The molecular weight excluding hydrogens is 508 g/mol. The lowest BCUT2D eigenvalue weighted by molar-refractivity contribution is -0.121. The number of hydrogen-bond donors (Lipinski definition) is 1. The second-order valence-electron chi connectivity index (χ2n) is 8.75. The van der Waals surface area contributed by atoms with Crippen LogP contribution >= 0.6 is 0 Å². The van der Waals surface area contributed by atoms with Crippen LogP contribution in [0.5, 0.6) is 11.6 Å². The number of nitrogens with one attached hydrogen (secondary N) is 1. The van der Waals surface area contributed by atoms with Crippen LogP contribution in [-0.2, 0) is 19.6 Å². The smallest absolute Gasteiger partial charge is 0.261 e. The maximum atomic E-state index is 12.9. The molecule has 0 radical (unpaired) electrons. The van der Waals surface area contributed by atoms with Crippen LogP contribution in [0.3, 0.4) is 0 Å². The topological polar surface area (TPSA) is 136 Å². The number of aryl methyl sites for hydroxylation is 2. The van der Waals surface area contributed by atoms with Gasteiger partial charge in [-0.1, -0.05) is 0 Å². The maximum absolute atomic E-state index is 12.9. The van der Waals surface area contributed by atoms with Gasteiger partial charge in [-0.15, -0.1) is 0 Å². The highest BCUT2D eigenvalue weighted by Gasteiger charge is 2.30. The van der Waals surface area contributed by atoms with Crippen molar-refractivity contribution in [2.75, 3.05) is 9.62 Å². The zero-order valence-corrected chi connectivity index (χ0v) is 21.7. The first-order chi connectivity index (χ1) is 18.1. The lowest BCUT2D eigenvalue weighted by Crippen LogP contribution is -2.28. The van der Waals surface area contributed by atoms with Gasteiger partial charge in [-0.05, 0) is 69.3 Å². The van der Waals surface area contributed by atoms with Gasteiger partial charge in [-0.3, -0.25) is 23.8 Å². The van der Waals surface area contributed by atoms with Crippen LogP contribution in [0.4, 0.5) is 11.4 Å². The van der Waals surface area contributed by atoms with Crippen molar-refractivity contribution in [3.05, 3.63) is 78.1 Å². The summed E-state index contributed by atoms with van der Waals surface area (Å²) in [5.41, 5.74) is 2.53. The van der Waals surface area contributed by atoms with E-state index in [1.807, 2.05) is 18.4 Å². The highest BCUT2D eigenvalue weighted by Crippen LogP contribution is 2.27. The van der Waals surface area contributed by atoms with E-state index in [-0.39, 0.29) is 29.6 Å². The van der Waals surface area contributed by atoms with Gasteiger partial charge in [0.2, 0.25) is 17.7 Å². The standard InChI is InChI=1S/C26H24N6O5S/c1-16-17(2)31(15-27-16)23-14-24(29-18(3)28-23)37-21-8-4-19(5-9-21)30-38(35,36)22-10-6-20(7-11-22)32-25(33)12-13-26(32)34/h4-11,14-15,30H,12-13H2,1-3H3. The second kappa shape index (κ2) is 9.71. The van der Waals surface area contributed by atoms with Crippen molar-refractivity contribution >= 4 is 33.2 Å². The second-order valence-corrected chi connectivity index (χ2v) is 10.4. The van der Waals surface area contributed by atoms with Crippen molar-refractivity contribution in [1.29, 1.82) is 0 Å². The van der Waals surface area contributed by atoms with Gasteiger partial charge in [0.05, 0.1) is 16.3 Å². The molecule has 1 N–H and O–H groups in total. The predicted molar refractivity (Wildman–Crippen MR) is 139 cm³/mol. The predicted octanol–water partition coefficient (Wildman–Crippen LogP) is 3.83. The summed E-state index contributed by atoms with van der Waals surface area (Å²) in [6.45, 7) is 5.63. The number of carbonyl (C=O) groups is 2. The minimum Gasteiger partial charge on any atom is -0.439 e. The third kappa shape index (κ3) is 4.98. The Kier molecular flexibility index (Phi) is 6.41. The number of anilines is 2. The molecule has 0 saturated carbocycles. The van der Waals surface area contributed by atoms with E-state index in [1.54, 1.807) is 43.6 Å². The molecule has 0 aliphatic carbocycles. The quantitative estimate of drug-likeness (QED) is 0.355. The van der Waals surface area contributed by atoms with E-state index in [9.17, 15) is 18.0 Å². The van der Waals surface area contributed by atoms with Gasteiger partial charge in [-0.25, -0.2) is 18.4 Å². The summed E-state index contributed by atoms with van der Waals surface area (Å²) in [6.07, 6.45) is 2.00. The van der Waals surface area contributed by atoms with E-state index < -0.39 is 10.0 Å². The number of amides is 2. The van der Waals surface area contributed by atoms with Gasteiger partial charge in [-0.2, -0.15) is 4.98 Å². The van der Waals surface area contributed by atoms with E-state index in [4.69, 9.17) is 4.74 Å². The Morgan fingerprint density at radius 3 is 2.16 bits per heavy atom. The minimum absolute atomic E-state index is 0.00491. The van der Waals surface area contributed by atoms with Gasteiger partial charge in [0.25, 0.3) is 10.0 Å². The number of benzene rings is 2. The van der Waals surface area contributed by atoms with E-state index >= 15 is 0 Å². The Morgan fingerprint density at radius 1 is 0.895 bits per heavy atom. The Morgan fingerprint density at radius 2 is 1.55 bits per heavy atom. The van der Waals surface area contributed by atoms with Crippen LogP contribution in [-0.4, -0.2) is 39.8 Å². The molecule has 5 rings (SSSR count). The lowest BCUT2D eigenvalue weighted by Gasteiger charge is -2.14. The van der Waals surface area contributed by atoms with E-state index in [2.05, 4.69) is 19.7 Å². The third-order valence-electron chi connectivity index (χ3n) is 6.09. The van der Waals surface area contributed by atoms with Gasteiger partial charge in [0.15, 0.2) is 0 Å². The number of nitrogens with zero attached hydrogens (tertiary/aromatic N) is 5. The zero-order chi connectivity index (χ0) is 27.0. The highest BCUT2D eigenvalue weighted by atomic mass is 32.2. The summed E-state index contributed by atoms with van der Waals surface area (Å²) < 4.78 is 36.0. The summed E-state index contributed by atoms with van der Waals surface area (Å²) in [6, 6.07) is 13.7. The van der Waals surface area contributed by atoms with Crippen LogP contribution in [0.2, 0.25) is 0 Å². The number of aromatic nitrogens is 4. The molecule has 2 amide bonds. The van der Waals surface area contributed by atoms with Crippen LogP contribution < -0.4 is 14.4 Å². The van der Waals surface area contributed by atoms with Gasteiger partial charge >= 0.3 is 0 Å². The van der Waals surface area contributed by atoms with Crippen molar-refractivity contribution in [3.8, 4) is 17.4 Å². The molecule has 2 aromatic carbocycles. The molecule has 0 spiro atoms. The Labute approximate surface area is 219 Å². The fourth-order valence-electron chi connectivity index (χ4n) is 4.00. The molecular formula is C26H24N6O5S. The summed E-state index contributed by atoms with van der Waals surface area (Å²) in [4.78, 5) is 38.0. The molecule has 0 unspecified atom stereocenters. The van der Waals surface area contributed by atoms with Crippen molar-refractivity contribution in [1.82, 2.24) is 19.5 Å². The molecule has 1 fully saturated rings. The highest BCUT2D eigenvalue weighted by molar-refractivity contribution is 7.92. The molecule has 38 heavy (non-hydrogen) atoms. The SMILES string of the molecule is Cc1nc(Oc2ccc(NS(=O)(=O)c3ccc(N4C(=O)CCC4=O)cc3)cc2)cc(-n2cnc(C)c2C)n1. The number of imidazole rings is 1. The van der Waals surface area contributed by atoms with Gasteiger partial charge in [0.1, 0.15) is 23.7 Å². The summed E-state index contributed by atoms with van der Waals surface area (Å²) >= 11 is 0. The molecule has 3 heterocycles. The maximum Gasteiger partial charge on any atom is 0.261 e. The average molecular weight is 533 g/mol. The molecule has 194 valence electrons. The number of carbonyl (C=O) groups excluding carboxylic acids is 2. The van der Waals surface area contributed by atoms with Crippen molar-refractivity contribution in [2.24, 2.45) is 0 Å². The van der Waals surface area contributed by atoms with Crippen molar-refractivity contribution < 1.29 is 22.7 Å². The first kappa shape index (κ1) is 25.1. The Balaban J connectivity index is 1.29. The molecule has 0 bridgehead atoms. The largest absolute Gasteiger partial charge is 0.439 e. The van der Waals surface area contributed by atoms with Crippen LogP contribution in [0, 0.1) is 20.8 Å². The zero-order valence-electron chi connectivity index (χ0n) is 20.9. The number of sulfonamides is 1. The Hall–Kier alpha value is -4.58. The van der Waals surface area contributed by atoms with Gasteiger partial charge in [0, 0.05) is 30.3 Å². The summed E-state index contributed by atoms with van der Waals surface area (Å²) in [7, 11) is -3.90. The van der Waals surface area contributed by atoms with Crippen LogP contribution in [0.25, 0.3) is 5.82 Å². The van der Waals surface area contributed by atoms with E-state index in [1.165, 1.54) is 24.3 Å². The number of hydrogen-bond acceptors (Lipinski definition) is 8. The summed E-state index contributed by atoms with van der Waals surface area (Å²) in [5.74, 6) is 1.34. The molecule has 12 heteroatoms. The van der Waals surface area contributed by atoms with Gasteiger partial charge < -0.3 is 4.74 Å². The molecule has 1 aliphatic heterocycles. The van der Waals surface area contributed by atoms with Crippen molar-refractivity contribution in [2.45, 2.75) is 38.5 Å². The lowest BCUT2D eigenvalue weighted by atomic mass is 10.3. The number of rotatable bonds is 7. The fourth-order valence-corrected chi connectivity index (χ4v) is 5.05. The fraction of sp³-hybridized carbons (Fsp3) is 0.192. The molecule has 1 aliphatic rings. The Bertz CT molecular complexity index is 1630. The number of imide groups is 1. The van der Waals surface area contributed by atoms with Crippen LogP contribution in [0.1, 0.15) is 30.1 Å². The van der Waals surface area contributed by atoms with Crippen molar-refractivity contribution in [3.63, 3.8) is 0 Å². The molecule has 0 atom stereocenters. The first-order valence-electron chi connectivity index (χ1n) is 11.7. The molecule has 11 nitrogen and oxygen atoms in total. The minimum atomic E-state index is -3.90. The van der Waals surface area contributed by atoms with E-state index in [0.29, 0.717) is 34.6 Å². The molecule has 1 saturated heterocycles. The summed E-state index contributed by atoms with van der Waals surface area (Å²) in [5, 5.41) is 0. The molecule has 2 aromatic heterocycles. The molecule has 4 aromatic rings. The van der Waals surface area contributed by atoms with E-state index in [0.717, 1.165) is 16.3 Å². The first-order valence-corrected chi connectivity index (χ1v) is 13.2. The van der Waals surface area contributed by atoms with Crippen LogP contribution in [0.15, 0.2) is 65.8 Å². The normalized spacial score (nSPS) is 13.7.